The fourth-order valence-electron chi connectivity index (χ4n) is 4.84. The van der Waals surface area contributed by atoms with Gasteiger partial charge >= 0.3 is 0 Å². The fraction of sp³-hybridized carbons (Fsp3) is 0.257. The predicted molar refractivity (Wildman–Crippen MR) is 188 cm³/mol. The van der Waals surface area contributed by atoms with Crippen LogP contribution in [-0.4, -0.2) is 50.9 Å². The monoisotopic (exact) mass is 715 g/mol. The van der Waals surface area contributed by atoms with Gasteiger partial charge in [-0.3, -0.25) is 13.9 Å². The molecule has 0 unspecified atom stereocenters. The van der Waals surface area contributed by atoms with Gasteiger partial charge < -0.3 is 15.0 Å². The van der Waals surface area contributed by atoms with Gasteiger partial charge in [0.2, 0.25) is 11.8 Å². The lowest BCUT2D eigenvalue weighted by Crippen LogP contribution is -2.54. The van der Waals surface area contributed by atoms with Gasteiger partial charge in [0.05, 0.1) is 27.7 Å². The number of amides is 2. The highest BCUT2D eigenvalue weighted by Gasteiger charge is 2.35. The number of rotatable bonds is 14. The first-order valence-electron chi connectivity index (χ1n) is 14.9. The van der Waals surface area contributed by atoms with E-state index in [1.807, 2.05) is 44.2 Å². The third-order valence-electron chi connectivity index (χ3n) is 7.65. The number of halogens is 3. The van der Waals surface area contributed by atoms with Crippen LogP contribution in [0.15, 0.2) is 102 Å². The lowest BCUT2D eigenvalue weighted by atomic mass is 10.0. The molecule has 0 fully saturated rings. The number of carbonyl (C=O) groups is 2. The Bertz CT molecular complexity index is 1770. The topological polar surface area (TPSA) is 96.0 Å². The summed E-state index contributed by atoms with van der Waals surface area (Å²) in [6, 6.07) is 25.1. The van der Waals surface area contributed by atoms with Gasteiger partial charge in [0.15, 0.2) is 0 Å². The first-order chi connectivity index (χ1) is 22.4. The molecule has 4 aromatic carbocycles. The Balaban J connectivity index is 1.82. The third kappa shape index (κ3) is 9.41. The minimum atomic E-state index is -4.29. The van der Waals surface area contributed by atoms with Crippen LogP contribution in [0.2, 0.25) is 15.1 Å². The molecule has 0 aromatic heterocycles. The van der Waals surface area contributed by atoms with Crippen molar-refractivity contribution in [3.63, 3.8) is 0 Å². The molecule has 12 heteroatoms. The highest BCUT2D eigenvalue weighted by Crippen LogP contribution is 2.28. The van der Waals surface area contributed by atoms with Crippen LogP contribution in [0.3, 0.4) is 0 Å². The highest BCUT2D eigenvalue weighted by atomic mass is 35.5. The summed E-state index contributed by atoms with van der Waals surface area (Å²) in [7, 11) is -2.81. The zero-order chi connectivity index (χ0) is 34.1. The van der Waals surface area contributed by atoms with Crippen molar-refractivity contribution >= 4 is 62.3 Å². The molecule has 2 amide bonds. The van der Waals surface area contributed by atoms with E-state index in [0.717, 1.165) is 9.87 Å². The van der Waals surface area contributed by atoms with E-state index >= 15 is 0 Å². The van der Waals surface area contributed by atoms with Crippen molar-refractivity contribution in [2.24, 2.45) is 0 Å². The van der Waals surface area contributed by atoms with Gasteiger partial charge in [0, 0.05) is 24.0 Å². The average Bonchev–Trinajstić information content (AvgIpc) is 3.07. The van der Waals surface area contributed by atoms with Crippen LogP contribution in [0.4, 0.5) is 5.69 Å². The largest absolute Gasteiger partial charge is 0.497 e. The number of benzene rings is 4. The number of anilines is 1. The Morgan fingerprint density at radius 3 is 2.11 bits per heavy atom. The van der Waals surface area contributed by atoms with E-state index in [4.69, 9.17) is 39.5 Å². The van der Waals surface area contributed by atoms with Gasteiger partial charge in [-0.2, -0.15) is 0 Å². The molecule has 0 spiro atoms. The van der Waals surface area contributed by atoms with Gasteiger partial charge in [0.25, 0.3) is 10.0 Å². The number of hydrogen-bond donors (Lipinski definition) is 1. The Labute approximate surface area is 291 Å². The molecule has 0 aliphatic carbocycles. The summed E-state index contributed by atoms with van der Waals surface area (Å²) in [5, 5.41) is 4.03. The first kappa shape index (κ1) is 36.1. The number of nitrogens with zero attached hydrogens (tertiary/aromatic N) is 2. The summed E-state index contributed by atoms with van der Waals surface area (Å²) in [6.45, 7) is 3.17. The number of carbonyl (C=O) groups excluding carboxylic acids is 2. The summed E-state index contributed by atoms with van der Waals surface area (Å²) >= 11 is 18.7. The maximum atomic E-state index is 14.6. The van der Waals surface area contributed by atoms with Crippen LogP contribution in [-0.2, 0) is 32.6 Å². The molecule has 0 bridgehead atoms. The van der Waals surface area contributed by atoms with Crippen LogP contribution in [0.25, 0.3) is 0 Å². The maximum Gasteiger partial charge on any atom is 0.264 e. The molecule has 0 radical (unpaired) electrons. The molecule has 4 aromatic rings. The molecule has 0 saturated heterocycles. The molecule has 2 atom stereocenters. The minimum Gasteiger partial charge on any atom is -0.497 e. The van der Waals surface area contributed by atoms with E-state index in [-0.39, 0.29) is 40.5 Å². The zero-order valence-electron chi connectivity index (χ0n) is 26.2. The summed E-state index contributed by atoms with van der Waals surface area (Å²) in [6.07, 6.45) is 0.858. The Morgan fingerprint density at radius 1 is 0.851 bits per heavy atom. The molecule has 0 saturated carbocycles. The predicted octanol–water partition coefficient (Wildman–Crippen LogP) is 7.41. The Morgan fingerprint density at radius 2 is 1.51 bits per heavy atom. The van der Waals surface area contributed by atoms with Gasteiger partial charge in [-0.15, -0.1) is 0 Å². The second-order valence-electron chi connectivity index (χ2n) is 11.0. The van der Waals surface area contributed by atoms with E-state index in [0.29, 0.717) is 27.8 Å². The quantitative estimate of drug-likeness (QED) is 0.147. The number of sulfonamides is 1. The molecule has 0 aliphatic heterocycles. The molecule has 4 rings (SSSR count). The Hall–Kier alpha value is -3.76. The first-order valence-corrected chi connectivity index (χ1v) is 17.5. The molecule has 47 heavy (non-hydrogen) atoms. The number of nitrogens with one attached hydrogen (secondary N) is 1. The van der Waals surface area contributed by atoms with Crippen LogP contribution >= 0.6 is 34.8 Å². The maximum absolute atomic E-state index is 14.6. The third-order valence-corrected chi connectivity index (χ3v) is 10.4. The van der Waals surface area contributed by atoms with E-state index in [1.54, 1.807) is 30.3 Å². The van der Waals surface area contributed by atoms with Gasteiger partial charge in [-0.1, -0.05) is 78.1 Å². The van der Waals surface area contributed by atoms with E-state index < -0.39 is 28.5 Å². The SMILES string of the molecule is CC[C@@H](C)NC(=O)[C@@H](Cc1ccccc1)N(Cc1ccc(Cl)c(Cl)c1)C(=O)CN(c1ccc(Cl)cc1)S(=O)(=O)c1ccc(OC)cc1. The van der Waals surface area contributed by atoms with Crippen molar-refractivity contribution in [1.82, 2.24) is 10.2 Å². The molecular weight excluding hydrogens is 681 g/mol. The Kier molecular flexibility index (Phi) is 12.6. The molecule has 8 nitrogen and oxygen atoms in total. The molecule has 0 heterocycles. The van der Waals surface area contributed by atoms with Crippen LogP contribution in [0.1, 0.15) is 31.4 Å². The summed E-state index contributed by atoms with van der Waals surface area (Å²) in [5.74, 6) is -0.502. The van der Waals surface area contributed by atoms with Crippen LogP contribution < -0.4 is 14.4 Å². The van der Waals surface area contributed by atoms with E-state index in [1.165, 1.54) is 48.4 Å². The van der Waals surface area contributed by atoms with Crippen LogP contribution in [0.5, 0.6) is 5.75 Å². The number of methoxy groups -OCH3 is 1. The second kappa shape index (κ2) is 16.4. The summed E-state index contributed by atoms with van der Waals surface area (Å²) < 4.78 is 34.5. The molecule has 1 N–H and O–H groups in total. The summed E-state index contributed by atoms with van der Waals surface area (Å²) in [4.78, 5) is 29.8. The van der Waals surface area contributed by atoms with Gasteiger partial charge in [-0.25, -0.2) is 8.42 Å². The standard InChI is InChI=1S/C35H36Cl3N3O5S/c1-4-24(2)39-35(43)33(21-25-8-6-5-7-9-25)40(22-26-10-19-31(37)32(38)20-26)34(42)23-41(28-13-11-27(36)12-14-28)47(44,45)30-17-15-29(46-3)16-18-30/h5-20,24,33H,4,21-23H2,1-3H3,(H,39,43)/t24-,33-/m1/s1. The molecule has 0 aliphatic rings. The number of ether oxygens (including phenoxy) is 1. The van der Waals surface area contributed by atoms with Crippen molar-refractivity contribution in [2.45, 2.75) is 50.2 Å². The molecular formula is C35H36Cl3N3O5S. The second-order valence-corrected chi connectivity index (χ2v) is 14.1. The zero-order valence-corrected chi connectivity index (χ0v) is 29.3. The van der Waals surface area contributed by atoms with Crippen LogP contribution in [0, 0.1) is 0 Å². The van der Waals surface area contributed by atoms with Gasteiger partial charge in [-0.05, 0) is 85.1 Å². The molecule has 248 valence electrons. The van der Waals surface area contributed by atoms with Gasteiger partial charge in [0.1, 0.15) is 18.3 Å². The van der Waals surface area contributed by atoms with Crippen molar-refractivity contribution < 1.29 is 22.7 Å². The van der Waals surface area contributed by atoms with E-state index in [9.17, 15) is 18.0 Å². The normalized spacial score (nSPS) is 12.6. The lowest BCUT2D eigenvalue weighted by molar-refractivity contribution is -0.140. The highest BCUT2D eigenvalue weighted by molar-refractivity contribution is 7.92. The van der Waals surface area contributed by atoms with Crippen molar-refractivity contribution in [2.75, 3.05) is 18.0 Å². The fourth-order valence-corrected chi connectivity index (χ4v) is 6.70. The average molecular weight is 717 g/mol. The minimum absolute atomic E-state index is 0.0435. The lowest BCUT2D eigenvalue weighted by Gasteiger charge is -2.34. The smallest absolute Gasteiger partial charge is 0.264 e. The number of hydrogen-bond acceptors (Lipinski definition) is 5. The van der Waals surface area contributed by atoms with Crippen molar-refractivity contribution in [1.29, 1.82) is 0 Å². The van der Waals surface area contributed by atoms with Crippen molar-refractivity contribution in [3.05, 3.63) is 123 Å². The van der Waals surface area contributed by atoms with E-state index in [2.05, 4.69) is 5.32 Å². The summed E-state index contributed by atoms with van der Waals surface area (Å²) in [5.41, 5.74) is 1.65. The van der Waals surface area contributed by atoms with Crippen molar-refractivity contribution in [3.8, 4) is 5.75 Å².